The van der Waals surface area contributed by atoms with E-state index in [1.807, 2.05) is 18.2 Å². The molecular formula is C19H31N3O3S. The van der Waals surface area contributed by atoms with Crippen LogP contribution in [-0.4, -0.2) is 55.5 Å². The number of hydrogen-bond donors (Lipinski definition) is 1. The largest absolute Gasteiger partial charge is 0.326 e. The third-order valence-electron chi connectivity index (χ3n) is 5.08. The fourth-order valence-corrected chi connectivity index (χ4v) is 4.41. The number of anilines is 1. The number of nitrogens with zero attached hydrogens (tertiary/aromatic N) is 2. The van der Waals surface area contributed by atoms with E-state index >= 15 is 0 Å². The number of benzene rings is 1. The van der Waals surface area contributed by atoms with Crippen LogP contribution in [-0.2, 0) is 21.4 Å². The molecule has 7 heteroatoms. The number of nitrogens with one attached hydrogen (secondary N) is 1. The normalized spacial score (nSPS) is 16.8. The highest BCUT2D eigenvalue weighted by Gasteiger charge is 2.30. The van der Waals surface area contributed by atoms with Gasteiger partial charge >= 0.3 is 0 Å². The second-order valence-electron chi connectivity index (χ2n) is 6.72. The van der Waals surface area contributed by atoms with Gasteiger partial charge in [0.15, 0.2) is 0 Å². The summed E-state index contributed by atoms with van der Waals surface area (Å²) in [7, 11) is -3.15. The summed E-state index contributed by atoms with van der Waals surface area (Å²) in [5.74, 6) is -0.0355. The Hall–Kier alpha value is -1.44. The van der Waals surface area contributed by atoms with Gasteiger partial charge in [0, 0.05) is 31.2 Å². The van der Waals surface area contributed by atoms with Gasteiger partial charge in [0.1, 0.15) is 0 Å². The lowest BCUT2D eigenvalue weighted by Gasteiger charge is -2.30. The Morgan fingerprint density at radius 1 is 1.19 bits per heavy atom. The minimum absolute atomic E-state index is 0.0152. The highest BCUT2D eigenvalue weighted by atomic mass is 32.2. The van der Waals surface area contributed by atoms with Gasteiger partial charge in [-0.1, -0.05) is 26.0 Å². The van der Waals surface area contributed by atoms with Crippen molar-refractivity contribution in [1.29, 1.82) is 0 Å². The van der Waals surface area contributed by atoms with Crippen molar-refractivity contribution in [1.82, 2.24) is 9.21 Å². The van der Waals surface area contributed by atoms with Crippen LogP contribution in [0, 0.1) is 5.92 Å². The fourth-order valence-electron chi connectivity index (χ4n) is 3.28. The van der Waals surface area contributed by atoms with Crippen LogP contribution in [0.5, 0.6) is 0 Å². The Bertz CT molecular complexity index is 694. The van der Waals surface area contributed by atoms with Crippen LogP contribution >= 0.6 is 0 Å². The maximum Gasteiger partial charge on any atom is 0.227 e. The van der Waals surface area contributed by atoms with Crippen molar-refractivity contribution in [2.24, 2.45) is 5.92 Å². The monoisotopic (exact) mass is 381 g/mol. The average Bonchev–Trinajstić information content (AvgIpc) is 2.66. The lowest BCUT2D eigenvalue weighted by molar-refractivity contribution is -0.120. The molecule has 0 radical (unpaired) electrons. The van der Waals surface area contributed by atoms with E-state index < -0.39 is 10.0 Å². The van der Waals surface area contributed by atoms with E-state index in [-0.39, 0.29) is 17.6 Å². The van der Waals surface area contributed by atoms with E-state index in [1.54, 1.807) is 6.92 Å². The van der Waals surface area contributed by atoms with Crippen LogP contribution < -0.4 is 5.32 Å². The summed E-state index contributed by atoms with van der Waals surface area (Å²) in [6.45, 7) is 9.63. The van der Waals surface area contributed by atoms with Crippen LogP contribution in [0.2, 0.25) is 0 Å². The predicted molar refractivity (Wildman–Crippen MR) is 105 cm³/mol. The molecule has 0 bridgehead atoms. The molecule has 0 spiro atoms. The first kappa shape index (κ1) is 20.9. The molecule has 6 nitrogen and oxygen atoms in total. The zero-order valence-electron chi connectivity index (χ0n) is 16.1. The van der Waals surface area contributed by atoms with Crippen LogP contribution in [0.4, 0.5) is 5.69 Å². The third-order valence-corrected chi connectivity index (χ3v) is 6.96. The summed E-state index contributed by atoms with van der Waals surface area (Å²) in [6.07, 6.45) is 1.15. The fraction of sp³-hybridized carbons (Fsp3) is 0.632. The van der Waals surface area contributed by atoms with E-state index in [2.05, 4.69) is 30.1 Å². The second kappa shape index (κ2) is 9.48. The van der Waals surface area contributed by atoms with Crippen LogP contribution in [0.1, 0.15) is 39.2 Å². The second-order valence-corrected chi connectivity index (χ2v) is 8.98. The molecule has 1 aromatic rings. The van der Waals surface area contributed by atoms with Crippen molar-refractivity contribution in [2.75, 3.05) is 37.2 Å². The molecule has 0 unspecified atom stereocenters. The molecule has 0 atom stereocenters. The smallest absolute Gasteiger partial charge is 0.227 e. The molecule has 26 heavy (non-hydrogen) atoms. The van der Waals surface area contributed by atoms with Gasteiger partial charge in [-0.2, -0.15) is 0 Å². The minimum Gasteiger partial charge on any atom is -0.326 e. The minimum atomic E-state index is -3.15. The number of hydrogen-bond acceptors (Lipinski definition) is 4. The number of carbonyl (C=O) groups excluding carboxylic acids is 1. The Balaban J connectivity index is 1.92. The molecule has 1 N–H and O–H groups in total. The topological polar surface area (TPSA) is 69.7 Å². The number of sulfonamides is 1. The van der Waals surface area contributed by atoms with Crippen molar-refractivity contribution < 1.29 is 13.2 Å². The SMILES string of the molecule is CCN(CC)Cc1cccc(NC(=O)C2CCN(S(=O)(=O)CC)CC2)c1. The van der Waals surface area contributed by atoms with Gasteiger partial charge in [0.2, 0.25) is 15.9 Å². The lowest BCUT2D eigenvalue weighted by atomic mass is 9.97. The molecule has 146 valence electrons. The van der Waals surface area contributed by atoms with Gasteiger partial charge in [0.25, 0.3) is 0 Å². The molecular weight excluding hydrogens is 350 g/mol. The number of piperidine rings is 1. The van der Waals surface area contributed by atoms with Crippen LogP contribution in [0.3, 0.4) is 0 Å². The highest BCUT2D eigenvalue weighted by molar-refractivity contribution is 7.89. The first-order valence-electron chi connectivity index (χ1n) is 9.49. The number of amides is 1. The molecule has 1 heterocycles. The van der Waals surface area contributed by atoms with Crippen LogP contribution in [0.15, 0.2) is 24.3 Å². The van der Waals surface area contributed by atoms with E-state index in [4.69, 9.17) is 0 Å². The Morgan fingerprint density at radius 2 is 1.85 bits per heavy atom. The molecule has 1 aliphatic heterocycles. The molecule has 0 aliphatic carbocycles. The van der Waals surface area contributed by atoms with Crippen LogP contribution in [0.25, 0.3) is 0 Å². The number of carbonyl (C=O) groups is 1. The van der Waals surface area contributed by atoms with E-state index in [1.165, 1.54) is 9.87 Å². The first-order chi connectivity index (χ1) is 12.4. The highest BCUT2D eigenvalue weighted by Crippen LogP contribution is 2.22. The standard InChI is InChI=1S/C19H31N3O3S/c1-4-21(5-2)15-16-8-7-9-18(14-16)20-19(23)17-10-12-22(13-11-17)26(24,25)6-3/h7-9,14,17H,4-6,10-13,15H2,1-3H3,(H,20,23). The van der Waals surface area contributed by atoms with Gasteiger partial charge in [-0.25, -0.2) is 12.7 Å². The summed E-state index contributed by atoms with van der Waals surface area (Å²) in [5, 5.41) is 3.00. The molecule has 1 amide bonds. The van der Waals surface area contributed by atoms with Gasteiger partial charge in [-0.15, -0.1) is 0 Å². The molecule has 1 fully saturated rings. The zero-order chi connectivity index (χ0) is 19.2. The zero-order valence-corrected chi connectivity index (χ0v) is 16.9. The molecule has 0 aromatic heterocycles. The number of rotatable bonds is 8. The van der Waals surface area contributed by atoms with Gasteiger partial charge in [0.05, 0.1) is 5.75 Å². The van der Waals surface area contributed by atoms with Gasteiger partial charge in [-0.3, -0.25) is 9.69 Å². The van der Waals surface area contributed by atoms with Crippen molar-refractivity contribution in [2.45, 2.75) is 40.2 Å². The summed E-state index contributed by atoms with van der Waals surface area (Å²) in [6, 6.07) is 7.96. The van der Waals surface area contributed by atoms with Crippen molar-refractivity contribution in [3.8, 4) is 0 Å². The van der Waals surface area contributed by atoms with Crippen molar-refractivity contribution >= 4 is 21.6 Å². The summed E-state index contributed by atoms with van der Waals surface area (Å²) >= 11 is 0. The molecule has 0 saturated carbocycles. The Kier molecular flexibility index (Phi) is 7.61. The van der Waals surface area contributed by atoms with E-state index in [9.17, 15) is 13.2 Å². The van der Waals surface area contributed by atoms with Crippen molar-refractivity contribution in [3.05, 3.63) is 29.8 Å². The molecule has 1 saturated heterocycles. The molecule has 1 aliphatic rings. The Labute approximate surface area is 157 Å². The molecule has 2 rings (SSSR count). The predicted octanol–water partition coefficient (Wildman–Crippen LogP) is 2.53. The first-order valence-corrected chi connectivity index (χ1v) is 11.1. The van der Waals surface area contributed by atoms with Crippen molar-refractivity contribution in [3.63, 3.8) is 0 Å². The maximum absolute atomic E-state index is 12.5. The van der Waals surface area contributed by atoms with E-state index in [0.717, 1.165) is 25.3 Å². The maximum atomic E-state index is 12.5. The third kappa shape index (κ3) is 5.53. The summed E-state index contributed by atoms with van der Waals surface area (Å²) in [5.41, 5.74) is 1.98. The summed E-state index contributed by atoms with van der Waals surface area (Å²) in [4.78, 5) is 14.9. The summed E-state index contributed by atoms with van der Waals surface area (Å²) < 4.78 is 25.3. The average molecular weight is 382 g/mol. The lowest BCUT2D eigenvalue weighted by Crippen LogP contribution is -2.42. The quantitative estimate of drug-likeness (QED) is 0.751. The van der Waals surface area contributed by atoms with Gasteiger partial charge in [-0.05, 0) is 50.6 Å². The van der Waals surface area contributed by atoms with Gasteiger partial charge < -0.3 is 5.32 Å². The van der Waals surface area contributed by atoms with E-state index in [0.29, 0.717) is 25.9 Å². The Morgan fingerprint density at radius 3 is 2.42 bits per heavy atom. The molecule has 1 aromatic carbocycles.